The molecule has 0 atom stereocenters. The minimum absolute atomic E-state index is 0.0467. The van der Waals surface area contributed by atoms with Crippen molar-refractivity contribution in [3.63, 3.8) is 0 Å². The first-order chi connectivity index (χ1) is 10.7. The number of ether oxygens (including phenoxy) is 1. The van der Waals surface area contributed by atoms with Crippen molar-refractivity contribution in [2.24, 2.45) is 5.92 Å². The summed E-state index contributed by atoms with van der Waals surface area (Å²) in [6, 6.07) is 6.09. The Morgan fingerprint density at radius 3 is 2.68 bits per heavy atom. The Bertz CT molecular complexity index is 537. The lowest BCUT2D eigenvalue weighted by molar-refractivity contribution is -0.117. The smallest absolute Gasteiger partial charge is 0.224 e. The van der Waals surface area contributed by atoms with Crippen LogP contribution in [0.25, 0.3) is 0 Å². The van der Waals surface area contributed by atoms with Crippen molar-refractivity contribution >= 4 is 23.2 Å². The zero-order valence-corrected chi connectivity index (χ0v) is 13.7. The van der Waals surface area contributed by atoms with Gasteiger partial charge in [0, 0.05) is 17.5 Å². The molecule has 0 bridgehead atoms. The van der Waals surface area contributed by atoms with Crippen LogP contribution in [0.3, 0.4) is 0 Å². The first kappa shape index (κ1) is 15.6. The van der Waals surface area contributed by atoms with Gasteiger partial charge in [-0.25, -0.2) is 0 Å². The number of amides is 1. The summed E-state index contributed by atoms with van der Waals surface area (Å²) in [5, 5.41) is 3.53. The van der Waals surface area contributed by atoms with Crippen molar-refractivity contribution < 1.29 is 9.53 Å². The van der Waals surface area contributed by atoms with Crippen molar-refractivity contribution in [1.82, 2.24) is 4.90 Å². The molecule has 5 heteroatoms. The molecular weight excluding hydrogens is 300 g/mol. The van der Waals surface area contributed by atoms with Gasteiger partial charge in [0.2, 0.25) is 5.91 Å². The maximum atomic E-state index is 12.3. The predicted octanol–water partition coefficient (Wildman–Crippen LogP) is 3.55. The average Bonchev–Trinajstić information content (AvgIpc) is 3.33. The third-order valence-corrected chi connectivity index (χ3v) is 4.86. The van der Waals surface area contributed by atoms with Crippen LogP contribution in [0.4, 0.5) is 5.69 Å². The molecule has 1 aliphatic carbocycles. The maximum absolute atomic E-state index is 12.3. The van der Waals surface area contributed by atoms with Gasteiger partial charge in [0.05, 0.1) is 12.8 Å². The molecule has 1 amide bonds. The van der Waals surface area contributed by atoms with Gasteiger partial charge in [-0.05, 0) is 62.9 Å². The standard InChI is InChI=1S/C17H23ClN2O2/c1-22-16-5-2-13(18)11-15(16)19-17(21)10-12-6-8-20(9-7-12)14-3-4-14/h2,5,11-12,14H,3-4,6-10H2,1H3,(H,19,21). The highest BCUT2D eigenvalue weighted by molar-refractivity contribution is 6.31. The minimum Gasteiger partial charge on any atom is -0.495 e. The normalized spacial score (nSPS) is 19.9. The highest BCUT2D eigenvalue weighted by atomic mass is 35.5. The van der Waals surface area contributed by atoms with E-state index in [1.165, 1.54) is 12.8 Å². The van der Waals surface area contributed by atoms with Gasteiger partial charge in [0.25, 0.3) is 0 Å². The number of carbonyl (C=O) groups is 1. The number of hydrogen-bond acceptors (Lipinski definition) is 3. The molecule has 0 unspecified atom stereocenters. The van der Waals surface area contributed by atoms with Crippen molar-refractivity contribution in [1.29, 1.82) is 0 Å². The van der Waals surface area contributed by atoms with Crippen LogP contribution >= 0.6 is 11.6 Å². The molecule has 0 spiro atoms. The van der Waals surface area contributed by atoms with E-state index < -0.39 is 0 Å². The van der Waals surface area contributed by atoms with Crippen LogP contribution in [0.2, 0.25) is 5.02 Å². The molecule has 1 aliphatic heterocycles. The fourth-order valence-corrected chi connectivity index (χ4v) is 3.38. The van der Waals surface area contributed by atoms with Gasteiger partial charge in [-0.3, -0.25) is 4.79 Å². The number of likely N-dealkylation sites (tertiary alicyclic amines) is 1. The second kappa shape index (κ2) is 6.88. The number of hydrogen-bond donors (Lipinski definition) is 1. The molecule has 1 saturated carbocycles. The molecule has 22 heavy (non-hydrogen) atoms. The number of benzene rings is 1. The van der Waals surface area contributed by atoms with E-state index in [0.29, 0.717) is 28.8 Å². The molecule has 1 aromatic carbocycles. The second-order valence-corrected chi connectivity index (χ2v) is 6.74. The second-order valence-electron chi connectivity index (χ2n) is 6.31. The van der Waals surface area contributed by atoms with Gasteiger partial charge in [-0.15, -0.1) is 0 Å². The molecule has 4 nitrogen and oxygen atoms in total. The number of nitrogens with one attached hydrogen (secondary N) is 1. The quantitative estimate of drug-likeness (QED) is 0.901. The SMILES string of the molecule is COc1ccc(Cl)cc1NC(=O)CC1CCN(C2CC2)CC1. The van der Waals surface area contributed by atoms with Crippen molar-refractivity contribution in [2.45, 2.75) is 38.1 Å². The lowest BCUT2D eigenvalue weighted by atomic mass is 9.93. The summed E-state index contributed by atoms with van der Waals surface area (Å²) in [5.74, 6) is 1.17. The summed E-state index contributed by atoms with van der Waals surface area (Å²) in [6.45, 7) is 2.28. The summed E-state index contributed by atoms with van der Waals surface area (Å²) in [7, 11) is 1.59. The third-order valence-electron chi connectivity index (χ3n) is 4.62. The monoisotopic (exact) mass is 322 g/mol. The summed E-state index contributed by atoms with van der Waals surface area (Å²) >= 11 is 5.99. The lowest BCUT2D eigenvalue weighted by Crippen LogP contribution is -2.36. The van der Waals surface area contributed by atoms with E-state index in [1.54, 1.807) is 25.3 Å². The summed E-state index contributed by atoms with van der Waals surface area (Å²) in [6.07, 6.45) is 5.54. The van der Waals surface area contributed by atoms with Crippen LogP contribution in [0, 0.1) is 5.92 Å². The van der Waals surface area contributed by atoms with Crippen LogP contribution in [0.15, 0.2) is 18.2 Å². The highest BCUT2D eigenvalue weighted by Gasteiger charge is 2.32. The molecule has 2 fully saturated rings. The molecule has 1 N–H and O–H groups in total. The van der Waals surface area contributed by atoms with Crippen LogP contribution in [-0.2, 0) is 4.79 Å². The fourth-order valence-electron chi connectivity index (χ4n) is 3.20. The van der Waals surface area contributed by atoms with Gasteiger partial charge in [0.1, 0.15) is 5.75 Å². The van der Waals surface area contributed by atoms with E-state index in [2.05, 4.69) is 10.2 Å². The van der Waals surface area contributed by atoms with Gasteiger partial charge >= 0.3 is 0 Å². The molecule has 1 heterocycles. The van der Waals surface area contributed by atoms with E-state index >= 15 is 0 Å². The number of carbonyl (C=O) groups excluding carboxylic acids is 1. The van der Waals surface area contributed by atoms with Gasteiger partial charge in [0.15, 0.2) is 0 Å². The Balaban J connectivity index is 1.51. The summed E-state index contributed by atoms with van der Waals surface area (Å²) in [4.78, 5) is 14.8. The Hall–Kier alpha value is -1.26. The van der Waals surface area contributed by atoms with Crippen LogP contribution < -0.4 is 10.1 Å². The van der Waals surface area contributed by atoms with E-state index in [0.717, 1.165) is 32.0 Å². The van der Waals surface area contributed by atoms with Crippen molar-refractivity contribution in [3.05, 3.63) is 23.2 Å². The molecule has 0 aromatic heterocycles. The molecule has 1 saturated heterocycles. The number of halogens is 1. The van der Waals surface area contributed by atoms with E-state index in [4.69, 9.17) is 16.3 Å². The van der Waals surface area contributed by atoms with Gasteiger partial charge < -0.3 is 15.0 Å². The predicted molar refractivity (Wildman–Crippen MR) is 88.6 cm³/mol. The Kier molecular flexibility index (Phi) is 4.89. The fraction of sp³-hybridized carbons (Fsp3) is 0.588. The molecule has 2 aliphatic rings. The Morgan fingerprint density at radius 2 is 2.05 bits per heavy atom. The number of anilines is 1. The molecule has 1 aromatic rings. The average molecular weight is 323 g/mol. The van der Waals surface area contributed by atoms with Gasteiger partial charge in [-0.1, -0.05) is 11.6 Å². The van der Waals surface area contributed by atoms with E-state index in [9.17, 15) is 4.79 Å². The largest absolute Gasteiger partial charge is 0.495 e. The number of piperidine rings is 1. The first-order valence-corrected chi connectivity index (χ1v) is 8.41. The Morgan fingerprint density at radius 1 is 1.32 bits per heavy atom. The minimum atomic E-state index is 0.0467. The topological polar surface area (TPSA) is 41.6 Å². The van der Waals surface area contributed by atoms with Gasteiger partial charge in [-0.2, -0.15) is 0 Å². The van der Waals surface area contributed by atoms with Crippen molar-refractivity contribution in [2.75, 3.05) is 25.5 Å². The molecule has 3 rings (SSSR count). The van der Waals surface area contributed by atoms with E-state index in [-0.39, 0.29) is 5.91 Å². The van der Waals surface area contributed by atoms with Crippen LogP contribution in [0.5, 0.6) is 5.75 Å². The summed E-state index contributed by atoms with van der Waals surface area (Å²) in [5.41, 5.74) is 0.649. The number of nitrogens with zero attached hydrogens (tertiary/aromatic N) is 1. The Labute approximate surface area is 136 Å². The zero-order valence-electron chi connectivity index (χ0n) is 13.0. The highest BCUT2D eigenvalue weighted by Crippen LogP contribution is 2.32. The van der Waals surface area contributed by atoms with E-state index in [1.807, 2.05) is 0 Å². The van der Waals surface area contributed by atoms with Crippen molar-refractivity contribution in [3.8, 4) is 5.75 Å². The maximum Gasteiger partial charge on any atom is 0.224 e. The zero-order chi connectivity index (χ0) is 15.5. The number of rotatable bonds is 5. The lowest BCUT2D eigenvalue weighted by Gasteiger charge is -2.31. The molecular formula is C17H23ClN2O2. The molecule has 0 radical (unpaired) electrons. The first-order valence-electron chi connectivity index (χ1n) is 8.03. The molecule has 120 valence electrons. The van der Waals surface area contributed by atoms with Crippen LogP contribution in [-0.4, -0.2) is 37.0 Å². The number of methoxy groups -OCH3 is 1. The third kappa shape index (κ3) is 3.93. The van der Waals surface area contributed by atoms with Crippen LogP contribution in [0.1, 0.15) is 32.1 Å². The summed E-state index contributed by atoms with van der Waals surface area (Å²) < 4.78 is 5.26.